The maximum absolute atomic E-state index is 11.3. The van der Waals surface area contributed by atoms with Crippen molar-refractivity contribution in [1.82, 2.24) is 5.32 Å². The van der Waals surface area contributed by atoms with Crippen molar-refractivity contribution in [3.8, 4) is 0 Å². The van der Waals surface area contributed by atoms with Gasteiger partial charge in [-0.25, -0.2) is 4.79 Å². The van der Waals surface area contributed by atoms with Gasteiger partial charge in [-0.15, -0.1) is 0 Å². The summed E-state index contributed by atoms with van der Waals surface area (Å²) < 4.78 is 0. The van der Waals surface area contributed by atoms with E-state index >= 15 is 0 Å². The van der Waals surface area contributed by atoms with Crippen LogP contribution in [0.4, 0.5) is 10.5 Å². The lowest BCUT2D eigenvalue weighted by atomic mass is 10.3. The molecule has 0 heterocycles. The molecule has 0 aliphatic carbocycles. The van der Waals surface area contributed by atoms with Crippen LogP contribution in [-0.4, -0.2) is 23.8 Å². The van der Waals surface area contributed by atoms with Crippen LogP contribution in [0.5, 0.6) is 0 Å². The van der Waals surface area contributed by atoms with Crippen molar-refractivity contribution >= 4 is 34.9 Å². The first kappa shape index (κ1) is 13.1. The maximum atomic E-state index is 11.3. The van der Waals surface area contributed by atoms with Crippen LogP contribution in [0.15, 0.2) is 18.2 Å². The number of aliphatic hydroxyl groups excluding tert-OH is 1. The van der Waals surface area contributed by atoms with Gasteiger partial charge in [-0.3, -0.25) is 0 Å². The van der Waals surface area contributed by atoms with Crippen molar-refractivity contribution in [2.45, 2.75) is 13.0 Å². The highest BCUT2D eigenvalue weighted by atomic mass is 35.5. The van der Waals surface area contributed by atoms with Crippen molar-refractivity contribution < 1.29 is 9.90 Å². The fraction of sp³-hybridized carbons (Fsp3) is 0.300. The van der Waals surface area contributed by atoms with Crippen molar-refractivity contribution in [2.24, 2.45) is 0 Å². The van der Waals surface area contributed by atoms with Crippen molar-refractivity contribution in [3.63, 3.8) is 0 Å². The molecule has 0 saturated heterocycles. The summed E-state index contributed by atoms with van der Waals surface area (Å²) in [7, 11) is 0. The maximum Gasteiger partial charge on any atom is 0.319 e. The molecular formula is C10H12Cl2N2O2. The molecule has 2 amide bonds. The highest BCUT2D eigenvalue weighted by Gasteiger charge is 2.04. The van der Waals surface area contributed by atoms with Crippen LogP contribution in [0.2, 0.25) is 10.0 Å². The summed E-state index contributed by atoms with van der Waals surface area (Å²) in [5.41, 5.74) is 0.539. The Hall–Kier alpha value is -0.970. The Morgan fingerprint density at radius 1 is 1.44 bits per heavy atom. The minimum atomic E-state index is -0.584. The second-order valence-electron chi connectivity index (χ2n) is 3.31. The van der Waals surface area contributed by atoms with Gasteiger partial charge >= 0.3 is 6.03 Å². The number of aliphatic hydroxyl groups is 1. The number of benzene rings is 1. The van der Waals surface area contributed by atoms with E-state index in [1.54, 1.807) is 25.1 Å². The molecule has 1 aromatic carbocycles. The number of rotatable bonds is 3. The molecule has 88 valence electrons. The van der Waals surface area contributed by atoms with Crippen molar-refractivity contribution in [3.05, 3.63) is 28.2 Å². The molecular weight excluding hydrogens is 251 g/mol. The third-order valence-corrected chi connectivity index (χ3v) is 2.47. The largest absolute Gasteiger partial charge is 0.392 e. The van der Waals surface area contributed by atoms with Gasteiger partial charge in [0.25, 0.3) is 0 Å². The SMILES string of the molecule is CC(O)CNC(=O)Nc1ccc(Cl)c(Cl)c1. The van der Waals surface area contributed by atoms with Crippen molar-refractivity contribution in [2.75, 3.05) is 11.9 Å². The Balaban J connectivity index is 2.53. The van der Waals surface area contributed by atoms with Gasteiger partial charge in [-0.05, 0) is 25.1 Å². The quantitative estimate of drug-likeness (QED) is 0.784. The average Bonchev–Trinajstić information content (AvgIpc) is 2.21. The summed E-state index contributed by atoms with van der Waals surface area (Å²) >= 11 is 11.5. The summed E-state index contributed by atoms with van der Waals surface area (Å²) in [6.45, 7) is 1.77. The zero-order valence-electron chi connectivity index (χ0n) is 8.63. The third-order valence-electron chi connectivity index (χ3n) is 1.74. The monoisotopic (exact) mass is 262 g/mol. The van der Waals surface area contributed by atoms with E-state index in [2.05, 4.69) is 10.6 Å². The summed E-state index contributed by atoms with van der Waals surface area (Å²) in [5, 5.41) is 14.8. The normalized spacial score (nSPS) is 12.0. The van der Waals surface area contributed by atoms with Gasteiger partial charge in [0.1, 0.15) is 0 Å². The number of hydrogen-bond acceptors (Lipinski definition) is 2. The minimum absolute atomic E-state index is 0.188. The first-order valence-electron chi connectivity index (χ1n) is 4.67. The molecule has 0 bridgehead atoms. The lowest BCUT2D eigenvalue weighted by molar-refractivity contribution is 0.190. The molecule has 1 atom stereocenters. The Bertz CT molecular complexity index is 383. The molecule has 1 rings (SSSR count). The molecule has 0 spiro atoms. The lowest BCUT2D eigenvalue weighted by Gasteiger charge is -2.09. The zero-order chi connectivity index (χ0) is 12.1. The molecule has 0 saturated carbocycles. The van der Waals surface area contributed by atoms with Crippen LogP contribution < -0.4 is 10.6 Å². The smallest absolute Gasteiger partial charge is 0.319 e. The predicted molar refractivity (Wildman–Crippen MR) is 65.2 cm³/mol. The molecule has 0 fully saturated rings. The van der Waals surface area contributed by atoms with Gasteiger partial charge in [0.2, 0.25) is 0 Å². The molecule has 3 N–H and O–H groups in total. The van der Waals surface area contributed by atoms with Gasteiger partial charge in [0.15, 0.2) is 0 Å². The molecule has 0 aliphatic heterocycles. The fourth-order valence-corrected chi connectivity index (χ4v) is 1.29. The molecule has 1 unspecified atom stereocenters. The van der Waals surface area contributed by atoms with Crippen LogP contribution in [0, 0.1) is 0 Å². The van der Waals surface area contributed by atoms with Gasteiger partial charge in [-0.2, -0.15) is 0 Å². The van der Waals surface area contributed by atoms with Gasteiger partial charge in [0.05, 0.1) is 16.1 Å². The fourth-order valence-electron chi connectivity index (χ4n) is 0.990. The molecule has 1 aromatic rings. The van der Waals surface area contributed by atoms with E-state index in [1.165, 1.54) is 0 Å². The zero-order valence-corrected chi connectivity index (χ0v) is 10.1. The van der Waals surface area contributed by atoms with Crippen LogP contribution in [0.1, 0.15) is 6.92 Å². The summed E-state index contributed by atoms with van der Waals surface area (Å²) in [6, 6.07) is 4.37. The molecule has 16 heavy (non-hydrogen) atoms. The number of amides is 2. The number of nitrogens with one attached hydrogen (secondary N) is 2. The first-order chi connectivity index (χ1) is 7.49. The Labute approximate surface area is 104 Å². The molecule has 4 nitrogen and oxygen atoms in total. The van der Waals surface area contributed by atoms with E-state index < -0.39 is 12.1 Å². The van der Waals surface area contributed by atoms with E-state index in [9.17, 15) is 4.79 Å². The second kappa shape index (κ2) is 5.94. The number of carbonyl (C=O) groups excluding carboxylic acids is 1. The van der Waals surface area contributed by atoms with Gasteiger partial charge in [0, 0.05) is 12.2 Å². The molecule has 0 aliphatic rings. The summed E-state index contributed by atoms with van der Waals surface area (Å²) in [4.78, 5) is 11.3. The highest BCUT2D eigenvalue weighted by Crippen LogP contribution is 2.24. The van der Waals surface area contributed by atoms with Crippen LogP contribution in [-0.2, 0) is 0 Å². The summed E-state index contributed by atoms with van der Waals surface area (Å²) in [5.74, 6) is 0. The second-order valence-corrected chi connectivity index (χ2v) is 4.13. The van der Waals surface area contributed by atoms with E-state index in [-0.39, 0.29) is 6.54 Å². The Morgan fingerprint density at radius 3 is 2.69 bits per heavy atom. The van der Waals surface area contributed by atoms with Crippen LogP contribution in [0.3, 0.4) is 0 Å². The number of halogens is 2. The van der Waals surface area contributed by atoms with Gasteiger partial charge in [-0.1, -0.05) is 23.2 Å². The number of carbonyl (C=O) groups is 1. The summed E-state index contributed by atoms with van der Waals surface area (Å²) in [6.07, 6.45) is -0.584. The highest BCUT2D eigenvalue weighted by molar-refractivity contribution is 6.42. The third kappa shape index (κ3) is 4.26. The minimum Gasteiger partial charge on any atom is -0.392 e. The molecule has 0 radical (unpaired) electrons. The molecule has 6 heteroatoms. The van der Waals surface area contributed by atoms with Gasteiger partial charge < -0.3 is 15.7 Å². The van der Waals surface area contributed by atoms with E-state index in [0.29, 0.717) is 15.7 Å². The standard InChI is InChI=1S/C10H12Cl2N2O2/c1-6(15)5-13-10(16)14-7-2-3-8(11)9(12)4-7/h2-4,6,15H,5H2,1H3,(H2,13,14,16). The predicted octanol–water partition coefficient (Wildman–Crippen LogP) is 2.50. The number of hydrogen-bond donors (Lipinski definition) is 3. The average molecular weight is 263 g/mol. The lowest BCUT2D eigenvalue weighted by Crippen LogP contribution is -2.34. The Kier molecular flexibility index (Phi) is 4.86. The topological polar surface area (TPSA) is 61.4 Å². The number of urea groups is 1. The van der Waals surface area contributed by atoms with E-state index in [0.717, 1.165) is 0 Å². The van der Waals surface area contributed by atoms with E-state index in [4.69, 9.17) is 28.3 Å². The van der Waals surface area contributed by atoms with Crippen molar-refractivity contribution in [1.29, 1.82) is 0 Å². The van der Waals surface area contributed by atoms with Crippen LogP contribution in [0.25, 0.3) is 0 Å². The first-order valence-corrected chi connectivity index (χ1v) is 5.42. The number of anilines is 1. The molecule has 0 aromatic heterocycles. The Morgan fingerprint density at radius 2 is 2.12 bits per heavy atom. The van der Waals surface area contributed by atoms with E-state index in [1.807, 2.05) is 0 Å². The van der Waals surface area contributed by atoms with Crippen LogP contribution >= 0.6 is 23.2 Å².